The van der Waals surface area contributed by atoms with E-state index in [1.807, 2.05) is 42.3 Å². The van der Waals surface area contributed by atoms with Gasteiger partial charge in [-0.15, -0.1) is 0 Å². The van der Waals surface area contributed by atoms with E-state index < -0.39 is 6.10 Å². The maximum Gasteiger partial charge on any atom is 0.410 e. The van der Waals surface area contributed by atoms with Crippen molar-refractivity contribution in [3.05, 3.63) is 53.9 Å². The molecule has 1 amide bonds. The lowest BCUT2D eigenvalue weighted by atomic mass is 9.95. The quantitative estimate of drug-likeness (QED) is 0.128. The number of anilines is 1. The Morgan fingerprint density at radius 2 is 1.65 bits per heavy atom. The first-order chi connectivity index (χ1) is 23.4. The van der Waals surface area contributed by atoms with Crippen LogP contribution >= 0.6 is 0 Å². The summed E-state index contributed by atoms with van der Waals surface area (Å²) in [7, 11) is 0. The molecule has 0 radical (unpaired) electrons. The standard InChI is InChI=1S/C39H59N5O4/c1-30(35-22-23-40-38(41-35)43-24-11-12-25-43)14-13-15-31(2)37-32(3)20-21-34(18-9-6-10-19-36(45)48-37)47-39(46)44-28-26-42(27-29-44)33-16-7-4-5-8-17-33/h13-15,20-23,30,32-34,37H,4-12,16-19,24-29H2,1-3H3/b14-13+,21-20-,31-15+/t30?,32-,34+,37+/m0/s1. The minimum Gasteiger partial charge on any atom is -0.457 e. The highest BCUT2D eigenvalue weighted by molar-refractivity contribution is 5.70. The first-order valence-corrected chi connectivity index (χ1v) is 18.9. The van der Waals surface area contributed by atoms with Gasteiger partial charge in [0.2, 0.25) is 5.95 Å². The molecule has 4 aliphatic rings. The first-order valence-electron chi connectivity index (χ1n) is 18.9. The molecule has 48 heavy (non-hydrogen) atoms. The van der Waals surface area contributed by atoms with E-state index in [-0.39, 0.29) is 30.0 Å². The Morgan fingerprint density at radius 3 is 2.40 bits per heavy atom. The maximum atomic E-state index is 13.3. The Bertz CT molecular complexity index is 1260. The highest BCUT2D eigenvalue weighted by Crippen LogP contribution is 2.25. The van der Waals surface area contributed by atoms with Crippen LogP contribution in [0.3, 0.4) is 0 Å². The van der Waals surface area contributed by atoms with E-state index in [9.17, 15) is 9.59 Å². The largest absolute Gasteiger partial charge is 0.457 e. The number of aromatic nitrogens is 2. The van der Waals surface area contributed by atoms with Crippen LogP contribution in [-0.4, -0.2) is 89.3 Å². The third-order valence-corrected chi connectivity index (χ3v) is 10.6. The number of ether oxygens (including phenoxy) is 2. The summed E-state index contributed by atoms with van der Waals surface area (Å²) in [6.45, 7) is 11.6. The Labute approximate surface area is 288 Å². The average Bonchev–Trinajstić information content (AvgIpc) is 3.51. The lowest BCUT2D eigenvalue weighted by Gasteiger charge is -2.39. The summed E-state index contributed by atoms with van der Waals surface area (Å²) < 4.78 is 12.2. The fourth-order valence-corrected chi connectivity index (χ4v) is 7.55. The number of hydrogen-bond acceptors (Lipinski definition) is 8. The fraction of sp³-hybridized carbons (Fsp3) is 0.692. The summed E-state index contributed by atoms with van der Waals surface area (Å²) in [5.74, 6) is 0.691. The molecule has 0 spiro atoms. The van der Waals surface area contributed by atoms with Gasteiger partial charge in [0.05, 0.1) is 5.69 Å². The molecule has 1 aromatic rings. The molecule has 1 unspecified atom stereocenters. The van der Waals surface area contributed by atoms with Crippen LogP contribution in [0.4, 0.5) is 10.7 Å². The van der Waals surface area contributed by atoms with Gasteiger partial charge in [0, 0.05) is 69.8 Å². The van der Waals surface area contributed by atoms with Crippen LogP contribution in [0, 0.1) is 5.92 Å². The number of amides is 1. The van der Waals surface area contributed by atoms with Crippen LogP contribution in [0.1, 0.15) is 116 Å². The second-order valence-corrected chi connectivity index (χ2v) is 14.4. The molecule has 5 rings (SSSR count). The molecule has 2 saturated heterocycles. The summed E-state index contributed by atoms with van der Waals surface area (Å²) >= 11 is 0. The van der Waals surface area contributed by atoms with Crippen LogP contribution in [0.5, 0.6) is 0 Å². The Morgan fingerprint density at radius 1 is 0.938 bits per heavy atom. The van der Waals surface area contributed by atoms with E-state index >= 15 is 0 Å². The number of piperazine rings is 1. The van der Waals surface area contributed by atoms with Crippen LogP contribution in [0.15, 0.2) is 48.2 Å². The minimum absolute atomic E-state index is 0.0790. The number of carbonyl (C=O) groups is 2. The van der Waals surface area contributed by atoms with Gasteiger partial charge in [0.1, 0.15) is 12.2 Å². The van der Waals surface area contributed by atoms with Crippen molar-refractivity contribution in [3.8, 4) is 0 Å². The molecule has 1 saturated carbocycles. The van der Waals surface area contributed by atoms with Crippen molar-refractivity contribution < 1.29 is 19.1 Å². The molecule has 0 aromatic carbocycles. The number of esters is 1. The van der Waals surface area contributed by atoms with Crippen LogP contribution in [-0.2, 0) is 14.3 Å². The average molecular weight is 662 g/mol. The zero-order chi connectivity index (χ0) is 33.7. The maximum absolute atomic E-state index is 13.3. The highest BCUT2D eigenvalue weighted by Gasteiger charge is 2.29. The van der Waals surface area contributed by atoms with Gasteiger partial charge in [-0.3, -0.25) is 9.69 Å². The second-order valence-electron chi connectivity index (χ2n) is 14.4. The van der Waals surface area contributed by atoms with Gasteiger partial charge in [-0.2, -0.15) is 0 Å². The van der Waals surface area contributed by atoms with Crippen molar-refractivity contribution in [2.24, 2.45) is 5.92 Å². The van der Waals surface area contributed by atoms with Gasteiger partial charge >= 0.3 is 12.1 Å². The van der Waals surface area contributed by atoms with Gasteiger partial charge in [-0.25, -0.2) is 14.8 Å². The molecule has 4 atom stereocenters. The van der Waals surface area contributed by atoms with E-state index in [0.29, 0.717) is 12.5 Å². The number of nitrogens with zero attached hydrogens (tertiary/aromatic N) is 5. The van der Waals surface area contributed by atoms with Gasteiger partial charge in [-0.05, 0) is 69.6 Å². The van der Waals surface area contributed by atoms with Crippen molar-refractivity contribution in [1.29, 1.82) is 0 Å². The smallest absolute Gasteiger partial charge is 0.410 e. The number of cyclic esters (lactones) is 1. The normalized spacial score (nSPS) is 27.5. The predicted octanol–water partition coefficient (Wildman–Crippen LogP) is 7.60. The molecular weight excluding hydrogens is 602 g/mol. The van der Waals surface area contributed by atoms with E-state index in [2.05, 4.69) is 40.8 Å². The summed E-state index contributed by atoms with van der Waals surface area (Å²) in [5.41, 5.74) is 1.96. The highest BCUT2D eigenvalue weighted by atomic mass is 16.6. The van der Waals surface area contributed by atoms with E-state index in [0.717, 1.165) is 82.2 Å². The first kappa shape index (κ1) is 36.1. The lowest BCUT2D eigenvalue weighted by Crippen LogP contribution is -2.52. The van der Waals surface area contributed by atoms with Crippen LogP contribution in [0.25, 0.3) is 0 Å². The molecule has 0 N–H and O–H groups in total. The molecule has 4 heterocycles. The Balaban J connectivity index is 1.18. The van der Waals surface area contributed by atoms with Gasteiger partial charge in [0.25, 0.3) is 0 Å². The molecule has 0 bridgehead atoms. The summed E-state index contributed by atoms with van der Waals surface area (Å²) in [5, 5.41) is 0. The Kier molecular flexibility index (Phi) is 13.9. The summed E-state index contributed by atoms with van der Waals surface area (Å²) in [6, 6.07) is 2.65. The topological polar surface area (TPSA) is 88.1 Å². The lowest BCUT2D eigenvalue weighted by molar-refractivity contribution is -0.148. The second kappa shape index (κ2) is 18.5. The van der Waals surface area contributed by atoms with Gasteiger partial charge in [-0.1, -0.05) is 70.3 Å². The molecular formula is C39H59N5O4. The van der Waals surface area contributed by atoms with Crippen molar-refractivity contribution in [2.45, 2.75) is 128 Å². The zero-order valence-electron chi connectivity index (χ0n) is 29.7. The number of rotatable bonds is 7. The van der Waals surface area contributed by atoms with E-state index in [1.165, 1.54) is 51.4 Å². The van der Waals surface area contributed by atoms with Crippen molar-refractivity contribution in [1.82, 2.24) is 19.8 Å². The molecule has 9 nitrogen and oxygen atoms in total. The summed E-state index contributed by atoms with van der Waals surface area (Å²) in [6.07, 6.45) is 25.3. The minimum atomic E-state index is -0.401. The van der Waals surface area contributed by atoms with E-state index in [4.69, 9.17) is 14.5 Å². The number of allylic oxidation sites excluding steroid dienone is 3. The molecule has 264 valence electrons. The summed E-state index contributed by atoms with van der Waals surface area (Å²) in [4.78, 5) is 42.2. The predicted molar refractivity (Wildman–Crippen MR) is 191 cm³/mol. The van der Waals surface area contributed by atoms with Crippen molar-refractivity contribution >= 4 is 18.0 Å². The number of hydrogen-bond donors (Lipinski definition) is 0. The molecule has 3 aliphatic heterocycles. The molecule has 3 fully saturated rings. The fourth-order valence-electron chi connectivity index (χ4n) is 7.55. The van der Waals surface area contributed by atoms with Crippen LogP contribution < -0.4 is 4.90 Å². The van der Waals surface area contributed by atoms with Gasteiger partial charge in [0.15, 0.2) is 0 Å². The Hall–Kier alpha value is -3.20. The third-order valence-electron chi connectivity index (χ3n) is 10.6. The zero-order valence-corrected chi connectivity index (χ0v) is 29.7. The number of carbonyl (C=O) groups excluding carboxylic acids is 2. The molecule has 9 heteroatoms. The van der Waals surface area contributed by atoms with Crippen LogP contribution in [0.2, 0.25) is 0 Å². The van der Waals surface area contributed by atoms with Gasteiger partial charge < -0.3 is 19.3 Å². The molecule has 1 aromatic heterocycles. The molecule has 1 aliphatic carbocycles. The monoisotopic (exact) mass is 661 g/mol. The van der Waals surface area contributed by atoms with E-state index in [1.54, 1.807) is 0 Å². The SMILES string of the molecule is C/C(=C\C=C\C(C)c1ccnc(N2CCCC2)n1)[C@H]1OC(=O)CCCCC[C@@H](OC(=O)N2CCN(C3CCCCCC3)CC2)/C=C\[C@@H]1C. The van der Waals surface area contributed by atoms with Crippen molar-refractivity contribution in [2.75, 3.05) is 44.2 Å². The third kappa shape index (κ3) is 10.6. The van der Waals surface area contributed by atoms with Crippen molar-refractivity contribution in [3.63, 3.8) is 0 Å².